The summed E-state index contributed by atoms with van der Waals surface area (Å²) < 4.78 is 4.77. The zero-order valence-electron chi connectivity index (χ0n) is 9.01. The molecule has 1 saturated carbocycles. The minimum atomic E-state index is -0.706. The minimum absolute atomic E-state index is 0.114. The van der Waals surface area contributed by atoms with Gasteiger partial charge in [-0.3, -0.25) is 14.9 Å². The van der Waals surface area contributed by atoms with E-state index < -0.39 is 22.3 Å². The third kappa shape index (κ3) is 2.14. The topological polar surface area (TPSA) is 106 Å². The van der Waals surface area contributed by atoms with Crippen LogP contribution >= 0.6 is 0 Å². The van der Waals surface area contributed by atoms with Gasteiger partial charge in [-0.2, -0.15) is 0 Å². The molecule has 1 aromatic rings. The Balaban J connectivity index is 2.06. The van der Waals surface area contributed by atoms with Crippen LogP contribution in [0.1, 0.15) is 29.8 Å². The molecule has 0 spiro atoms. The van der Waals surface area contributed by atoms with Crippen molar-refractivity contribution in [2.75, 3.05) is 6.61 Å². The summed E-state index contributed by atoms with van der Waals surface area (Å²) in [5.74, 6) is -1.12. The molecule has 17 heavy (non-hydrogen) atoms. The summed E-state index contributed by atoms with van der Waals surface area (Å²) in [6.07, 6.45) is 2.36. The molecule has 0 atom stereocenters. The normalized spacial score (nSPS) is 17.2. The Labute approximate surface area is 96.6 Å². The fraction of sp³-hybridized carbons (Fsp3) is 0.500. The van der Waals surface area contributed by atoms with Crippen molar-refractivity contribution in [3.8, 4) is 0 Å². The highest BCUT2D eigenvalue weighted by atomic mass is 16.6. The largest absolute Gasteiger partial charge is 0.433 e. The van der Waals surface area contributed by atoms with Crippen molar-refractivity contribution < 1.29 is 19.2 Å². The van der Waals surface area contributed by atoms with Crippen LogP contribution in [0.2, 0.25) is 0 Å². The maximum Gasteiger partial charge on any atom is 0.433 e. The zero-order valence-corrected chi connectivity index (χ0v) is 9.01. The van der Waals surface area contributed by atoms with E-state index in [1.807, 2.05) is 0 Å². The van der Waals surface area contributed by atoms with Crippen molar-refractivity contribution in [1.82, 2.24) is 5.32 Å². The number of amides is 1. The van der Waals surface area contributed by atoms with Crippen LogP contribution in [0.4, 0.5) is 5.88 Å². The lowest BCUT2D eigenvalue weighted by Crippen LogP contribution is -2.56. The number of furan rings is 1. The molecule has 1 amide bonds. The molecule has 1 fully saturated rings. The molecule has 0 unspecified atom stereocenters. The maximum absolute atomic E-state index is 11.7. The lowest BCUT2D eigenvalue weighted by atomic mass is 9.77. The third-order valence-electron chi connectivity index (χ3n) is 2.99. The van der Waals surface area contributed by atoms with Crippen molar-refractivity contribution in [1.29, 1.82) is 0 Å². The van der Waals surface area contributed by atoms with Crippen molar-refractivity contribution >= 4 is 11.8 Å². The summed E-state index contributed by atoms with van der Waals surface area (Å²) in [5, 5.41) is 22.2. The molecule has 1 aliphatic carbocycles. The maximum atomic E-state index is 11.7. The highest BCUT2D eigenvalue weighted by molar-refractivity contribution is 5.92. The van der Waals surface area contributed by atoms with Gasteiger partial charge in [0.2, 0.25) is 0 Å². The van der Waals surface area contributed by atoms with E-state index in [-0.39, 0.29) is 12.4 Å². The van der Waals surface area contributed by atoms with E-state index in [9.17, 15) is 20.0 Å². The number of hydrogen-bond acceptors (Lipinski definition) is 5. The molecular formula is C10H12N2O5. The Morgan fingerprint density at radius 3 is 2.71 bits per heavy atom. The van der Waals surface area contributed by atoms with Gasteiger partial charge in [0.05, 0.1) is 18.2 Å². The first-order chi connectivity index (χ1) is 8.06. The van der Waals surface area contributed by atoms with Crippen molar-refractivity contribution in [3.63, 3.8) is 0 Å². The van der Waals surface area contributed by atoms with E-state index in [1.54, 1.807) is 0 Å². The fourth-order valence-electron chi connectivity index (χ4n) is 1.78. The van der Waals surface area contributed by atoms with Crippen molar-refractivity contribution in [3.05, 3.63) is 28.0 Å². The molecule has 7 nitrogen and oxygen atoms in total. The summed E-state index contributed by atoms with van der Waals surface area (Å²) in [7, 11) is 0. The highest BCUT2D eigenvalue weighted by Gasteiger charge is 2.38. The molecule has 0 radical (unpaired) electrons. The molecule has 0 saturated heterocycles. The molecule has 7 heteroatoms. The van der Waals surface area contributed by atoms with Crippen LogP contribution in [0.15, 0.2) is 16.5 Å². The van der Waals surface area contributed by atoms with Crippen molar-refractivity contribution in [2.45, 2.75) is 24.8 Å². The monoisotopic (exact) mass is 240 g/mol. The molecule has 2 rings (SSSR count). The number of rotatable bonds is 4. The van der Waals surface area contributed by atoms with Crippen LogP contribution in [-0.2, 0) is 0 Å². The van der Waals surface area contributed by atoms with Crippen LogP contribution in [0.25, 0.3) is 0 Å². The fourth-order valence-corrected chi connectivity index (χ4v) is 1.78. The Hall–Kier alpha value is -1.89. The Bertz CT molecular complexity index is 444. The number of hydrogen-bond donors (Lipinski definition) is 2. The first-order valence-electron chi connectivity index (χ1n) is 5.24. The van der Waals surface area contributed by atoms with Crippen LogP contribution in [-0.4, -0.2) is 28.1 Å². The number of carbonyl (C=O) groups is 1. The van der Waals surface area contributed by atoms with Gasteiger partial charge in [-0.05, 0) is 25.3 Å². The molecule has 0 aromatic carbocycles. The van der Waals surface area contributed by atoms with Crippen LogP contribution < -0.4 is 5.32 Å². The SMILES string of the molecule is O=C(NC1(CO)CCC1)c1ccc([N+](=O)[O-])o1. The van der Waals surface area contributed by atoms with Gasteiger partial charge in [0, 0.05) is 0 Å². The smallest absolute Gasteiger partial charge is 0.395 e. The van der Waals surface area contributed by atoms with Gasteiger partial charge in [0.15, 0.2) is 5.76 Å². The third-order valence-corrected chi connectivity index (χ3v) is 2.99. The number of aliphatic hydroxyl groups is 1. The van der Waals surface area contributed by atoms with Gasteiger partial charge >= 0.3 is 5.88 Å². The van der Waals surface area contributed by atoms with Crippen LogP contribution in [0.3, 0.4) is 0 Å². The second kappa shape index (κ2) is 4.17. The summed E-state index contributed by atoms with van der Waals surface area (Å²) in [6, 6.07) is 2.37. The quantitative estimate of drug-likeness (QED) is 0.599. The van der Waals surface area contributed by atoms with Gasteiger partial charge in [-0.1, -0.05) is 0 Å². The number of nitrogens with zero attached hydrogens (tertiary/aromatic N) is 1. The number of aliphatic hydroxyl groups excluding tert-OH is 1. The van der Waals surface area contributed by atoms with E-state index in [4.69, 9.17) is 4.42 Å². The van der Waals surface area contributed by atoms with Gasteiger partial charge < -0.3 is 14.8 Å². The summed E-state index contributed by atoms with van der Waals surface area (Å²) in [4.78, 5) is 21.4. The van der Waals surface area contributed by atoms with Crippen LogP contribution in [0, 0.1) is 10.1 Å². The first kappa shape index (κ1) is 11.6. The summed E-state index contributed by atoms with van der Waals surface area (Å²) in [6.45, 7) is -0.137. The van der Waals surface area contributed by atoms with Gasteiger partial charge in [-0.15, -0.1) is 0 Å². The number of nitrogens with one attached hydrogen (secondary N) is 1. The zero-order chi connectivity index (χ0) is 12.5. The number of carbonyl (C=O) groups excluding carboxylic acids is 1. The van der Waals surface area contributed by atoms with Gasteiger partial charge in [0.25, 0.3) is 5.91 Å². The molecule has 0 bridgehead atoms. The van der Waals surface area contributed by atoms with E-state index >= 15 is 0 Å². The highest BCUT2D eigenvalue weighted by Crippen LogP contribution is 2.31. The van der Waals surface area contributed by atoms with Gasteiger partial charge in [-0.25, -0.2) is 0 Å². The summed E-state index contributed by atoms with van der Waals surface area (Å²) in [5.41, 5.74) is -0.585. The van der Waals surface area contributed by atoms with Gasteiger partial charge in [0.1, 0.15) is 4.92 Å². The van der Waals surface area contributed by atoms with Crippen LogP contribution in [0.5, 0.6) is 0 Å². The first-order valence-corrected chi connectivity index (χ1v) is 5.24. The molecule has 2 N–H and O–H groups in total. The number of nitro groups is 1. The average molecular weight is 240 g/mol. The summed E-state index contributed by atoms with van der Waals surface area (Å²) >= 11 is 0. The molecule has 1 aliphatic rings. The second-order valence-electron chi connectivity index (χ2n) is 4.14. The Morgan fingerprint density at radius 2 is 2.29 bits per heavy atom. The molecular weight excluding hydrogens is 228 g/mol. The van der Waals surface area contributed by atoms with Crippen molar-refractivity contribution in [2.24, 2.45) is 0 Å². The molecule has 0 aliphatic heterocycles. The average Bonchev–Trinajstić information content (AvgIpc) is 2.72. The van der Waals surface area contributed by atoms with E-state index in [2.05, 4.69) is 5.32 Å². The Kier molecular flexibility index (Phi) is 2.84. The predicted molar refractivity (Wildman–Crippen MR) is 56.5 cm³/mol. The second-order valence-corrected chi connectivity index (χ2v) is 4.14. The molecule has 1 aromatic heterocycles. The minimum Gasteiger partial charge on any atom is -0.395 e. The lowest BCUT2D eigenvalue weighted by Gasteiger charge is -2.40. The molecule has 92 valence electrons. The van der Waals surface area contributed by atoms with E-state index in [0.717, 1.165) is 12.5 Å². The Morgan fingerprint density at radius 1 is 1.59 bits per heavy atom. The molecule has 1 heterocycles. The van der Waals surface area contributed by atoms with E-state index in [0.29, 0.717) is 12.8 Å². The predicted octanol–water partition coefficient (Wildman–Crippen LogP) is 0.833. The van der Waals surface area contributed by atoms with E-state index in [1.165, 1.54) is 6.07 Å². The lowest BCUT2D eigenvalue weighted by molar-refractivity contribution is -0.402. The standard InChI is InChI=1S/C10H12N2O5/c13-6-10(4-1-5-10)11-9(14)7-2-3-8(17-7)12(15)16/h2-3,13H,1,4-6H2,(H,11,14).